The number of hydrogen-bond acceptors (Lipinski definition) is 2. The molecule has 1 aromatic carbocycles. The van der Waals surface area contributed by atoms with Gasteiger partial charge >= 0.3 is 5.97 Å². The number of carboxylic acids is 1. The number of benzene rings is 1. The van der Waals surface area contributed by atoms with Gasteiger partial charge in [-0.15, -0.1) is 0 Å². The molecule has 19 heavy (non-hydrogen) atoms. The van der Waals surface area contributed by atoms with Gasteiger partial charge in [-0.3, -0.25) is 4.79 Å². The summed E-state index contributed by atoms with van der Waals surface area (Å²) in [4.78, 5) is 10.8. The molecule has 2 rings (SSSR count). The summed E-state index contributed by atoms with van der Waals surface area (Å²) in [6, 6.07) is 5.56. The van der Waals surface area contributed by atoms with Crippen molar-refractivity contribution >= 4 is 17.6 Å². The van der Waals surface area contributed by atoms with E-state index in [1.807, 2.05) is 18.2 Å². The van der Waals surface area contributed by atoms with Crippen molar-refractivity contribution in [2.75, 3.05) is 0 Å². The van der Waals surface area contributed by atoms with E-state index in [0.717, 1.165) is 18.4 Å². The third-order valence-corrected chi connectivity index (χ3v) is 3.85. The monoisotopic (exact) mass is 282 g/mol. The third-order valence-electron chi connectivity index (χ3n) is 3.56. The predicted molar refractivity (Wildman–Crippen MR) is 74.8 cm³/mol. The molecule has 1 saturated carbocycles. The topological polar surface area (TPSA) is 46.5 Å². The summed E-state index contributed by atoms with van der Waals surface area (Å²) < 4.78 is 5.87. The second-order valence-corrected chi connectivity index (χ2v) is 5.64. The van der Waals surface area contributed by atoms with Crippen molar-refractivity contribution in [3.05, 3.63) is 28.8 Å². The Balaban J connectivity index is 2.01. The van der Waals surface area contributed by atoms with Crippen LogP contribution in [0.3, 0.4) is 0 Å². The highest BCUT2D eigenvalue weighted by Gasteiger charge is 2.18. The summed E-state index contributed by atoms with van der Waals surface area (Å²) in [5.74, 6) is -0.486. The normalized spacial score (nSPS) is 17.4. The molecule has 1 atom stereocenters. The molecule has 1 aliphatic carbocycles. The van der Waals surface area contributed by atoms with Crippen molar-refractivity contribution in [1.29, 1.82) is 0 Å². The van der Waals surface area contributed by atoms with Crippen LogP contribution in [0.2, 0.25) is 5.02 Å². The van der Waals surface area contributed by atoms with Gasteiger partial charge in [-0.1, -0.05) is 24.6 Å². The molecule has 0 radical (unpaired) electrons. The van der Waals surface area contributed by atoms with Gasteiger partial charge in [0.25, 0.3) is 0 Å². The Kier molecular flexibility index (Phi) is 4.70. The second kappa shape index (κ2) is 6.29. The number of hydrogen-bond donors (Lipinski definition) is 1. The van der Waals surface area contributed by atoms with E-state index in [-0.39, 0.29) is 6.10 Å². The maximum absolute atomic E-state index is 10.8. The first-order valence-electron chi connectivity index (χ1n) is 6.74. The van der Waals surface area contributed by atoms with E-state index in [9.17, 15) is 4.79 Å². The number of aliphatic carboxylic acids is 1. The zero-order valence-corrected chi connectivity index (χ0v) is 11.8. The van der Waals surface area contributed by atoms with E-state index in [2.05, 4.69) is 0 Å². The Morgan fingerprint density at radius 2 is 2.16 bits per heavy atom. The minimum atomic E-state index is -0.789. The van der Waals surface area contributed by atoms with E-state index in [1.54, 1.807) is 6.92 Å². The first-order chi connectivity index (χ1) is 9.06. The predicted octanol–water partition coefficient (Wildman–Crippen LogP) is 3.92. The Bertz CT molecular complexity index is 453. The van der Waals surface area contributed by atoms with Crippen molar-refractivity contribution < 1.29 is 14.6 Å². The third kappa shape index (κ3) is 3.87. The summed E-state index contributed by atoms with van der Waals surface area (Å²) in [7, 11) is 0. The van der Waals surface area contributed by atoms with Gasteiger partial charge in [0.2, 0.25) is 0 Å². The number of ether oxygens (including phenoxy) is 1. The Labute approximate surface area is 118 Å². The minimum Gasteiger partial charge on any atom is -0.489 e. The molecule has 0 aliphatic heterocycles. The molecular weight excluding hydrogens is 264 g/mol. The highest BCUT2D eigenvalue weighted by Crippen LogP contribution is 2.30. The van der Waals surface area contributed by atoms with Crippen molar-refractivity contribution in [2.45, 2.75) is 45.1 Å². The fraction of sp³-hybridized carbons (Fsp3) is 0.533. The lowest BCUT2D eigenvalue weighted by Crippen LogP contribution is -2.13. The Morgan fingerprint density at radius 1 is 1.47 bits per heavy atom. The quantitative estimate of drug-likeness (QED) is 0.890. The zero-order chi connectivity index (χ0) is 13.8. The van der Waals surface area contributed by atoms with Crippen molar-refractivity contribution in [3.8, 4) is 5.75 Å². The summed E-state index contributed by atoms with van der Waals surface area (Å²) in [6.45, 7) is 1.69. The fourth-order valence-corrected chi connectivity index (χ4v) is 2.64. The van der Waals surface area contributed by atoms with Crippen molar-refractivity contribution in [3.63, 3.8) is 0 Å². The molecule has 0 amide bonds. The molecule has 1 aromatic rings. The van der Waals surface area contributed by atoms with Gasteiger partial charge in [0.05, 0.1) is 17.0 Å². The Hall–Kier alpha value is -1.22. The van der Waals surface area contributed by atoms with Crippen LogP contribution in [0.25, 0.3) is 0 Å². The molecule has 1 aliphatic rings. The highest BCUT2D eigenvalue weighted by molar-refractivity contribution is 6.32. The van der Waals surface area contributed by atoms with E-state index in [0.29, 0.717) is 17.2 Å². The summed E-state index contributed by atoms with van der Waals surface area (Å²) in [5, 5.41) is 9.47. The van der Waals surface area contributed by atoms with Gasteiger partial charge in [-0.25, -0.2) is 0 Å². The minimum absolute atomic E-state index is 0.279. The van der Waals surface area contributed by atoms with Crippen LogP contribution in [-0.4, -0.2) is 17.2 Å². The molecule has 0 bridgehead atoms. The average molecular weight is 283 g/mol. The SMILES string of the molecule is CC(Cc1ccc(OC2CCCC2)c(Cl)c1)C(=O)O. The smallest absolute Gasteiger partial charge is 0.306 e. The molecule has 4 heteroatoms. The standard InChI is InChI=1S/C15H19ClO3/c1-10(15(17)18)8-11-6-7-14(13(16)9-11)19-12-4-2-3-5-12/h6-7,9-10,12H,2-5,8H2,1H3,(H,17,18). The van der Waals surface area contributed by atoms with Crippen LogP contribution in [-0.2, 0) is 11.2 Å². The molecule has 3 nitrogen and oxygen atoms in total. The van der Waals surface area contributed by atoms with Gasteiger partial charge in [-0.05, 0) is 49.8 Å². The maximum atomic E-state index is 10.8. The van der Waals surface area contributed by atoms with E-state index in [1.165, 1.54) is 12.8 Å². The molecule has 1 unspecified atom stereocenters. The molecular formula is C15H19ClO3. The van der Waals surface area contributed by atoms with E-state index >= 15 is 0 Å². The number of carbonyl (C=O) groups is 1. The largest absolute Gasteiger partial charge is 0.489 e. The van der Waals surface area contributed by atoms with Crippen LogP contribution >= 0.6 is 11.6 Å². The molecule has 0 saturated heterocycles. The lowest BCUT2D eigenvalue weighted by Gasteiger charge is -2.15. The van der Waals surface area contributed by atoms with Crippen LogP contribution in [0.1, 0.15) is 38.2 Å². The molecule has 0 spiro atoms. The molecule has 0 aromatic heterocycles. The first kappa shape index (κ1) is 14.2. The van der Waals surface area contributed by atoms with Crippen molar-refractivity contribution in [1.82, 2.24) is 0 Å². The van der Waals surface area contributed by atoms with Crippen LogP contribution < -0.4 is 4.74 Å². The number of carboxylic acid groups (broad SMARTS) is 1. The number of halogens is 1. The lowest BCUT2D eigenvalue weighted by molar-refractivity contribution is -0.141. The van der Waals surface area contributed by atoms with Crippen LogP contribution in [0.5, 0.6) is 5.75 Å². The van der Waals surface area contributed by atoms with Crippen molar-refractivity contribution in [2.24, 2.45) is 5.92 Å². The van der Waals surface area contributed by atoms with Crippen LogP contribution in [0, 0.1) is 5.92 Å². The molecule has 1 N–H and O–H groups in total. The summed E-state index contributed by atoms with van der Waals surface area (Å²) >= 11 is 6.20. The zero-order valence-electron chi connectivity index (χ0n) is 11.1. The molecule has 1 fully saturated rings. The van der Waals surface area contributed by atoms with Crippen LogP contribution in [0.15, 0.2) is 18.2 Å². The van der Waals surface area contributed by atoms with Gasteiger partial charge < -0.3 is 9.84 Å². The average Bonchev–Trinajstić information content (AvgIpc) is 2.85. The maximum Gasteiger partial charge on any atom is 0.306 e. The molecule has 104 valence electrons. The first-order valence-corrected chi connectivity index (χ1v) is 7.12. The van der Waals surface area contributed by atoms with E-state index in [4.69, 9.17) is 21.4 Å². The molecule has 0 heterocycles. The van der Waals surface area contributed by atoms with Crippen LogP contribution in [0.4, 0.5) is 0 Å². The summed E-state index contributed by atoms with van der Waals surface area (Å²) in [5.41, 5.74) is 0.929. The highest BCUT2D eigenvalue weighted by atomic mass is 35.5. The number of rotatable bonds is 5. The second-order valence-electron chi connectivity index (χ2n) is 5.23. The fourth-order valence-electron chi connectivity index (χ4n) is 2.39. The van der Waals surface area contributed by atoms with Gasteiger partial charge in [0.1, 0.15) is 5.75 Å². The van der Waals surface area contributed by atoms with Gasteiger partial charge in [0.15, 0.2) is 0 Å². The lowest BCUT2D eigenvalue weighted by atomic mass is 10.0. The van der Waals surface area contributed by atoms with E-state index < -0.39 is 11.9 Å². The summed E-state index contributed by atoms with van der Waals surface area (Å²) in [6.07, 6.45) is 5.38. The van der Waals surface area contributed by atoms with Gasteiger partial charge in [-0.2, -0.15) is 0 Å². The van der Waals surface area contributed by atoms with Gasteiger partial charge in [0, 0.05) is 0 Å². The Morgan fingerprint density at radius 3 is 2.74 bits per heavy atom.